The molecule has 4 aromatic carbocycles. The third kappa shape index (κ3) is 8.40. The number of halogens is 2. The molecule has 1 aliphatic rings. The minimum absolute atomic E-state index is 0.0706. The first-order chi connectivity index (χ1) is 24.1. The third-order valence-electron chi connectivity index (χ3n) is 9.08. The van der Waals surface area contributed by atoms with E-state index in [-0.39, 0.29) is 22.7 Å². The fraction of sp³-hybridized carbons (Fsp3) is 0.308. The summed E-state index contributed by atoms with van der Waals surface area (Å²) in [5.74, 6) is -2.60. The first kappa shape index (κ1) is 35.3. The highest BCUT2D eigenvalue weighted by Gasteiger charge is 2.36. The summed E-state index contributed by atoms with van der Waals surface area (Å²) in [6.45, 7) is 0.209. The van der Waals surface area contributed by atoms with Gasteiger partial charge in [0.1, 0.15) is 18.1 Å². The van der Waals surface area contributed by atoms with Gasteiger partial charge in [-0.25, -0.2) is 8.42 Å². The largest absolute Gasteiger partial charge is 0.487 e. The van der Waals surface area contributed by atoms with Crippen LogP contribution in [0.4, 0.5) is 8.78 Å². The highest BCUT2D eigenvalue weighted by molar-refractivity contribution is 7.92. The highest BCUT2D eigenvalue weighted by Crippen LogP contribution is 2.34. The van der Waals surface area contributed by atoms with Crippen LogP contribution in [0.1, 0.15) is 54.0 Å². The zero-order valence-electron chi connectivity index (χ0n) is 27.5. The summed E-state index contributed by atoms with van der Waals surface area (Å²) < 4.78 is 67.5. The fourth-order valence-corrected chi connectivity index (χ4v) is 8.18. The predicted octanol–water partition coefficient (Wildman–Crippen LogP) is 6.86. The van der Waals surface area contributed by atoms with Crippen LogP contribution in [0.15, 0.2) is 113 Å². The maximum atomic E-state index is 15.1. The van der Waals surface area contributed by atoms with Gasteiger partial charge in [-0.15, -0.1) is 0 Å². The van der Waals surface area contributed by atoms with E-state index >= 15 is 8.78 Å². The lowest BCUT2D eigenvalue weighted by Gasteiger charge is -2.19. The van der Waals surface area contributed by atoms with Crippen LogP contribution in [0, 0.1) is 0 Å². The summed E-state index contributed by atoms with van der Waals surface area (Å²) in [7, 11) is -3.65. The van der Waals surface area contributed by atoms with Crippen LogP contribution in [0.25, 0.3) is 10.9 Å². The van der Waals surface area contributed by atoms with Crippen molar-refractivity contribution in [1.29, 1.82) is 0 Å². The van der Waals surface area contributed by atoms with Gasteiger partial charge < -0.3 is 24.9 Å². The quantitative estimate of drug-likeness (QED) is 0.102. The summed E-state index contributed by atoms with van der Waals surface area (Å²) in [4.78, 5) is 14.9. The summed E-state index contributed by atoms with van der Waals surface area (Å²) in [5, 5.41) is 14.5. The Morgan fingerprint density at radius 1 is 0.880 bits per heavy atom. The maximum Gasteiger partial charge on any atom is 0.306 e. The molecule has 8 nitrogen and oxygen atoms in total. The number of pyridine rings is 1. The molecule has 5 aromatic rings. The van der Waals surface area contributed by atoms with Crippen molar-refractivity contribution in [3.05, 3.63) is 136 Å². The molecule has 1 aliphatic carbocycles. The zero-order chi connectivity index (χ0) is 35.1. The lowest BCUT2D eigenvalue weighted by atomic mass is 10.0. The SMILES string of the molecule is O=c1ccc2c([C@H](O)CNCCc3ccc(OCC(F)(F)c4cccc(S(=O)(=O)C5CCCC5)c4)cc3)ccc(OCc3ccccc3)c2[nH]1. The van der Waals surface area contributed by atoms with Gasteiger partial charge in [-0.2, -0.15) is 8.78 Å². The van der Waals surface area contributed by atoms with Gasteiger partial charge in [0.15, 0.2) is 16.4 Å². The van der Waals surface area contributed by atoms with Gasteiger partial charge in [0.25, 0.3) is 0 Å². The van der Waals surface area contributed by atoms with Gasteiger partial charge in [-0.05, 0) is 78.9 Å². The van der Waals surface area contributed by atoms with E-state index in [0.29, 0.717) is 54.6 Å². The number of hydrogen-bond acceptors (Lipinski definition) is 7. The molecule has 6 rings (SSSR count). The van der Waals surface area contributed by atoms with Gasteiger partial charge in [-0.1, -0.05) is 73.5 Å². The first-order valence-corrected chi connectivity index (χ1v) is 18.3. The van der Waals surface area contributed by atoms with Crippen LogP contribution < -0.4 is 20.3 Å². The van der Waals surface area contributed by atoms with Crippen molar-refractivity contribution in [3.8, 4) is 11.5 Å². The molecular formula is C39H40F2N2O6S. The van der Waals surface area contributed by atoms with Crippen LogP contribution in [0.2, 0.25) is 0 Å². The number of ether oxygens (including phenoxy) is 2. The second-order valence-corrected chi connectivity index (χ2v) is 14.9. The average Bonchev–Trinajstić information content (AvgIpc) is 3.69. The molecule has 50 heavy (non-hydrogen) atoms. The average molecular weight is 703 g/mol. The number of nitrogens with one attached hydrogen (secondary N) is 2. The lowest BCUT2D eigenvalue weighted by molar-refractivity contribution is -0.0468. The van der Waals surface area contributed by atoms with Gasteiger partial charge in [0.05, 0.1) is 21.8 Å². The van der Waals surface area contributed by atoms with Crippen molar-refractivity contribution in [1.82, 2.24) is 10.3 Å². The predicted molar refractivity (Wildman–Crippen MR) is 189 cm³/mol. The van der Waals surface area contributed by atoms with Crippen LogP contribution in [0.3, 0.4) is 0 Å². The zero-order valence-corrected chi connectivity index (χ0v) is 28.3. The Labute approximate surface area is 290 Å². The summed E-state index contributed by atoms with van der Waals surface area (Å²) in [6, 6.07) is 28.2. The Balaban J connectivity index is 0.997. The van der Waals surface area contributed by atoms with Crippen molar-refractivity contribution in [2.75, 3.05) is 19.7 Å². The number of rotatable bonds is 15. The molecule has 0 amide bonds. The lowest BCUT2D eigenvalue weighted by Crippen LogP contribution is -2.24. The van der Waals surface area contributed by atoms with E-state index < -0.39 is 39.3 Å². The topological polar surface area (TPSA) is 118 Å². The minimum atomic E-state index is -3.65. The van der Waals surface area contributed by atoms with Crippen LogP contribution in [0.5, 0.6) is 11.5 Å². The Morgan fingerprint density at radius 3 is 2.40 bits per heavy atom. The number of H-pyrrole nitrogens is 1. The van der Waals surface area contributed by atoms with Crippen molar-refractivity contribution in [3.63, 3.8) is 0 Å². The monoisotopic (exact) mass is 702 g/mol. The van der Waals surface area contributed by atoms with E-state index in [4.69, 9.17) is 9.47 Å². The van der Waals surface area contributed by atoms with E-state index in [2.05, 4.69) is 10.3 Å². The number of aliphatic hydroxyl groups excluding tert-OH is 1. The van der Waals surface area contributed by atoms with Gasteiger partial charge in [0, 0.05) is 23.6 Å². The molecule has 0 aliphatic heterocycles. The molecule has 0 spiro atoms. The van der Waals surface area contributed by atoms with Crippen molar-refractivity contribution >= 4 is 20.7 Å². The van der Waals surface area contributed by atoms with E-state index in [1.165, 1.54) is 24.3 Å². The number of sulfone groups is 1. The van der Waals surface area contributed by atoms with E-state index in [1.807, 2.05) is 30.3 Å². The Kier molecular flexibility index (Phi) is 11.0. The molecular weight excluding hydrogens is 662 g/mol. The second kappa shape index (κ2) is 15.5. The van der Waals surface area contributed by atoms with Crippen molar-refractivity contribution < 1.29 is 31.8 Å². The number of alkyl halides is 2. The van der Waals surface area contributed by atoms with Gasteiger partial charge in [0.2, 0.25) is 5.56 Å². The third-order valence-corrected chi connectivity index (χ3v) is 11.3. The van der Waals surface area contributed by atoms with Crippen LogP contribution >= 0.6 is 0 Å². The summed E-state index contributed by atoms with van der Waals surface area (Å²) >= 11 is 0. The van der Waals surface area contributed by atoms with E-state index in [0.717, 1.165) is 30.0 Å². The van der Waals surface area contributed by atoms with Gasteiger partial charge in [-0.3, -0.25) is 4.79 Å². The highest BCUT2D eigenvalue weighted by atomic mass is 32.2. The molecule has 0 unspecified atom stereocenters. The molecule has 11 heteroatoms. The normalized spacial score (nSPS) is 14.5. The first-order valence-electron chi connectivity index (χ1n) is 16.8. The molecule has 3 N–H and O–H groups in total. The van der Waals surface area contributed by atoms with Crippen LogP contribution in [-0.4, -0.2) is 43.5 Å². The number of fused-ring (bicyclic) bond motifs is 1. The van der Waals surface area contributed by atoms with E-state index in [9.17, 15) is 18.3 Å². The molecule has 1 heterocycles. The smallest absolute Gasteiger partial charge is 0.306 e. The molecule has 1 saturated carbocycles. The Bertz CT molecular complexity index is 2060. The van der Waals surface area contributed by atoms with Crippen molar-refractivity contribution in [2.45, 2.75) is 60.9 Å². The molecule has 1 atom stereocenters. The molecule has 0 radical (unpaired) electrons. The van der Waals surface area contributed by atoms with Crippen LogP contribution in [-0.2, 0) is 28.8 Å². The molecule has 262 valence electrons. The molecule has 0 bridgehead atoms. The molecule has 1 fully saturated rings. The fourth-order valence-electron chi connectivity index (χ4n) is 6.28. The van der Waals surface area contributed by atoms with Crippen molar-refractivity contribution in [2.24, 2.45) is 0 Å². The number of hydrogen-bond donors (Lipinski definition) is 3. The number of aromatic nitrogens is 1. The number of aliphatic hydroxyl groups is 1. The van der Waals surface area contributed by atoms with E-state index in [1.54, 1.807) is 42.5 Å². The summed E-state index contributed by atoms with van der Waals surface area (Å²) in [5.41, 5.74) is 2.44. The van der Waals surface area contributed by atoms with Gasteiger partial charge >= 0.3 is 5.92 Å². The Hall–Kier alpha value is -4.58. The molecule has 1 aromatic heterocycles. The summed E-state index contributed by atoms with van der Waals surface area (Å²) in [6.07, 6.45) is 2.54. The standard InChI is InChI=1S/C39H40F2N2O6S/c40-39(41,29-9-6-12-32(23-29)50(46,47)31-10-4-5-11-31)26-49-30-15-13-27(14-16-30)21-22-42-24-35(44)33-17-19-36(38-34(33)18-20-37(45)43-38)48-25-28-7-2-1-3-8-28/h1-3,6-9,12-20,23,31,35,42,44H,4-5,10-11,21-22,24-26H2,(H,43,45)/t35-/m1/s1. The number of benzene rings is 4. The molecule has 0 saturated heterocycles. The maximum absolute atomic E-state index is 15.1. The Morgan fingerprint density at radius 2 is 1.64 bits per heavy atom. The number of aromatic amines is 1. The second-order valence-electron chi connectivity index (χ2n) is 12.6. The minimum Gasteiger partial charge on any atom is -0.487 e.